The molecule has 0 aromatic carbocycles. The van der Waals surface area contributed by atoms with Crippen molar-refractivity contribution in [1.82, 2.24) is 9.88 Å². The average Bonchev–Trinajstić information content (AvgIpc) is 2.37. The molecule has 1 N–H and O–H groups in total. The standard InChI is InChI=1S/C15H21N3O/c1-5-9-18(10-6-2)15(19)13-7-8-16-14(11-13)17-12(3)4/h5-8,11-12H,1-2,9-10H2,3-4H3,(H,16,17). The van der Waals surface area contributed by atoms with E-state index in [-0.39, 0.29) is 11.9 Å². The molecule has 0 aliphatic rings. The van der Waals surface area contributed by atoms with E-state index < -0.39 is 0 Å². The summed E-state index contributed by atoms with van der Waals surface area (Å²) in [5.74, 6) is 0.659. The van der Waals surface area contributed by atoms with E-state index in [2.05, 4.69) is 23.5 Å². The highest BCUT2D eigenvalue weighted by atomic mass is 16.2. The van der Waals surface area contributed by atoms with E-state index in [4.69, 9.17) is 0 Å². The number of carbonyl (C=O) groups is 1. The monoisotopic (exact) mass is 259 g/mol. The largest absolute Gasteiger partial charge is 0.368 e. The molecule has 1 aromatic heterocycles. The van der Waals surface area contributed by atoms with Crippen LogP contribution < -0.4 is 5.32 Å². The van der Waals surface area contributed by atoms with Crippen LogP contribution in [0, 0.1) is 0 Å². The first kappa shape index (κ1) is 15.0. The van der Waals surface area contributed by atoms with E-state index in [0.717, 1.165) is 0 Å². The molecule has 0 aliphatic heterocycles. The number of amides is 1. The lowest BCUT2D eigenvalue weighted by molar-refractivity contribution is 0.0791. The summed E-state index contributed by atoms with van der Waals surface area (Å²) >= 11 is 0. The number of rotatable bonds is 7. The van der Waals surface area contributed by atoms with Gasteiger partial charge in [0.2, 0.25) is 0 Å². The minimum Gasteiger partial charge on any atom is -0.368 e. The van der Waals surface area contributed by atoms with E-state index in [0.29, 0.717) is 24.5 Å². The molecule has 0 saturated heterocycles. The van der Waals surface area contributed by atoms with Gasteiger partial charge in [0.1, 0.15) is 5.82 Å². The molecule has 1 aromatic rings. The van der Waals surface area contributed by atoms with Crippen LogP contribution in [0.4, 0.5) is 5.82 Å². The summed E-state index contributed by atoms with van der Waals surface area (Å²) in [4.78, 5) is 18.2. The molecular weight excluding hydrogens is 238 g/mol. The minimum absolute atomic E-state index is 0.0472. The number of hydrogen-bond donors (Lipinski definition) is 1. The number of hydrogen-bond acceptors (Lipinski definition) is 3. The van der Waals surface area contributed by atoms with Gasteiger partial charge in [-0.3, -0.25) is 4.79 Å². The molecule has 19 heavy (non-hydrogen) atoms. The van der Waals surface area contributed by atoms with Crippen LogP contribution in [-0.4, -0.2) is 34.9 Å². The van der Waals surface area contributed by atoms with Crippen molar-refractivity contribution >= 4 is 11.7 Å². The van der Waals surface area contributed by atoms with Gasteiger partial charge in [-0.15, -0.1) is 13.2 Å². The zero-order valence-corrected chi connectivity index (χ0v) is 11.6. The fourth-order valence-electron chi connectivity index (χ4n) is 1.67. The molecule has 1 amide bonds. The highest BCUT2D eigenvalue weighted by Gasteiger charge is 2.14. The highest BCUT2D eigenvalue weighted by molar-refractivity contribution is 5.95. The maximum atomic E-state index is 12.3. The summed E-state index contributed by atoms with van der Waals surface area (Å²) in [5.41, 5.74) is 0.613. The van der Waals surface area contributed by atoms with Crippen molar-refractivity contribution in [3.05, 3.63) is 49.2 Å². The third-order valence-corrected chi connectivity index (χ3v) is 2.43. The van der Waals surface area contributed by atoms with Gasteiger partial charge in [-0.25, -0.2) is 4.98 Å². The first-order valence-electron chi connectivity index (χ1n) is 6.32. The van der Waals surface area contributed by atoms with E-state index in [1.165, 1.54) is 0 Å². The lowest BCUT2D eigenvalue weighted by atomic mass is 10.2. The SMILES string of the molecule is C=CCN(CC=C)C(=O)c1ccnc(NC(C)C)c1. The highest BCUT2D eigenvalue weighted by Crippen LogP contribution is 2.11. The minimum atomic E-state index is -0.0472. The van der Waals surface area contributed by atoms with Crippen LogP contribution in [0.15, 0.2) is 43.6 Å². The van der Waals surface area contributed by atoms with E-state index >= 15 is 0 Å². The molecule has 1 heterocycles. The number of carbonyl (C=O) groups excluding carboxylic acids is 1. The normalized spacial score (nSPS) is 10.1. The van der Waals surface area contributed by atoms with Crippen LogP contribution in [-0.2, 0) is 0 Å². The second-order valence-corrected chi connectivity index (χ2v) is 4.52. The smallest absolute Gasteiger partial charge is 0.254 e. The van der Waals surface area contributed by atoms with Gasteiger partial charge in [0.15, 0.2) is 0 Å². The Balaban J connectivity index is 2.90. The van der Waals surface area contributed by atoms with Crippen molar-refractivity contribution in [2.75, 3.05) is 18.4 Å². The van der Waals surface area contributed by atoms with Crippen molar-refractivity contribution in [2.45, 2.75) is 19.9 Å². The summed E-state index contributed by atoms with van der Waals surface area (Å²) in [7, 11) is 0. The van der Waals surface area contributed by atoms with Gasteiger partial charge < -0.3 is 10.2 Å². The Labute approximate surface area is 114 Å². The Bertz CT molecular complexity index is 444. The van der Waals surface area contributed by atoms with E-state index in [9.17, 15) is 4.79 Å². The summed E-state index contributed by atoms with van der Waals surface area (Å²) in [6.07, 6.45) is 5.05. The summed E-state index contributed by atoms with van der Waals surface area (Å²) in [6, 6.07) is 3.75. The number of nitrogens with zero attached hydrogens (tertiary/aromatic N) is 2. The molecule has 0 saturated carbocycles. The Morgan fingerprint density at radius 3 is 2.58 bits per heavy atom. The van der Waals surface area contributed by atoms with Crippen LogP contribution in [0.5, 0.6) is 0 Å². The maximum absolute atomic E-state index is 12.3. The van der Waals surface area contributed by atoms with Gasteiger partial charge >= 0.3 is 0 Å². The summed E-state index contributed by atoms with van der Waals surface area (Å²) < 4.78 is 0. The van der Waals surface area contributed by atoms with Gasteiger partial charge in [-0.2, -0.15) is 0 Å². The zero-order valence-electron chi connectivity index (χ0n) is 11.6. The zero-order chi connectivity index (χ0) is 14.3. The fraction of sp³-hybridized carbons (Fsp3) is 0.333. The van der Waals surface area contributed by atoms with Gasteiger partial charge in [-0.05, 0) is 26.0 Å². The molecule has 4 heteroatoms. The van der Waals surface area contributed by atoms with Crippen LogP contribution in [0.25, 0.3) is 0 Å². The first-order valence-corrected chi connectivity index (χ1v) is 6.32. The third kappa shape index (κ3) is 4.58. The lowest BCUT2D eigenvalue weighted by Crippen LogP contribution is -2.31. The number of aromatic nitrogens is 1. The number of anilines is 1. The average molecular weight is 259 g/mol. The molecule has 0 spiro atoms. The first-order chi connectivity index (χ1) is 9.08. The third-order valence-electron chi connectivity index (χ3n) is 2.43. The van der Waals surface area contributed by atoms with Crippen molar-refractivity contribution in [3.8, 4) is 0 Å². The van der Waals surface area contributed by atoms with Crippen LogP contribution in [0.3, 0.4) is 0 Å². The van der Waals surface area contributed by atoms with E-state index in [1.807, 2.05) is 13.8 Å². The quantitative estimate of drug-likeness (QED) is 0.766. The van der Waals surface area contributed by atoms with Crippen LogP contribution >= 0.6 is 0 Å². The predicted octanol–water partition coefficient (Wildman–Crippen LogP) is 2.72. The van der Waals surface area contributed by atoms with Crippen molar-refractivity contribution in [1.29, 1.82) is 0 Å². The van der Waals surface area contributed by atoms with E-state index in [1.54, 1.807) is 35.4 Å². The maximum Gasteiger partial charge on any atom is 0.254 e. The Kier molecular flexibility index (Phi) is 5.79. The number of nitrogens with one attached hydrogen (secondary N) is 1. The van der Waals surface area contributed by atoms with Crippen molar-refractivity contribution in [2.24, 2.45) is 0 Å². The van der Waals surface area contributed by atoms with Gasteiger partial charge in [-0.1, -0.05) is 12.2 Å². The Morgan fingerprint density at radius 1 is 1.42 bits per heavy atom. The van der Waals surface area contributed by atoms with Crippen LogP contribution in [0.2, 0.25) is 0 Å². The Hall–Kier alpha value is -2.10. The van der Waals surface area contributed by atoms with Gasteiger partial charge in [0.05, 0.1) is 0 Å². The van der Waals surface area contributed by atoms with Gasteiger partial charge in [0, 0.05) is 30.9 Å². The van der Waals surface area contributed by atoms with Crippen molar-refractivity contribution < 1.29 is 4.79 Å². The molecule has 0 aliphatic carbocycles. The second-order valence-electron chi connectivity index (χ2n) is 4.52. The number of pyridine rings is 1. The molecule has 1 rings (SSSR count). The topological polar surface area (TPSA) is 45.2 Å². The Morgan fingerprint density at radius 2 is 2.05 bits per heavy atom. The molecule has 0 bridgehead atoms. The summed E-state index contributed by atoms with van der Waals surface area (Å²) in [5, 5.41) is 3.18. The molecule has 0 fully saturated rings. The molecule has 0 radical (unpaired) electrons. The lowest BCUT2D eigenvalue weighted by Gasteiger charge is -2.19. The molecule has 4 nitrogen and oxygen atoms in total. The fourth-order valence-corrected chi connectivity index (χ4v) is 1.67. The molecule has 102 valence electrons. The predicted molar refractivity (Wildman–Crippen MR) is 79.3 cm³/mol. The summed E-state index contributed by atoms with van der Waals surface area (Å²) in [6.45, 7) is 12.4. The van der Waals surface area contributed by atoms with Gasteiger partial charge in [0.25, 0.3) is 5.91 Å². The van der Waals surface area contributed by atoms with Crippen LogP contribution in [0.1, 0.15) is 24.2 Å². The van der Waals surface area contributed by atoms with Crippen molar-refractivity contribution in [3.63, 3.8) is 0 Å². The second kappa shape index (κ2) is 7.36. The molecular formula is C15H21N3O. The molecule has 0 unspecified atom stereocenters. The molecule has 0 atom stereocenters.